The predicted molar refractivity (Wildman–Crippen MR) is 102 cm³/mol. The molecule has 0 saturated heterocycles. The molecule has 7 nitrogen and oxygen atoms in total. The Hall–Kier alpha value is -2.44. The Kier molecular flexibility index (Phi) is 8.40. The maximum atomic E-state index is 12.1. The lowest BCUT2D eigenvalue weighted by Gasteiger charge is -2.10. The molecule has 0 amide bonds. The van der Waals surface area contributed by atoms with Crippen molar-refractivity contribution in [1.29, 1.82) is 0 Å². The first-order valence-electron chi connectivity index (χ1n) is 7.45. The van der Waals surface area contributed by atoms with Crippen LogP contribution >= 0.6 is 24.0 Å². The van der Waals surface area contributed by atoms with E-state index in [-0.39, 0.29) is 54.6 Å². The van der Waals surface area contributed by atoms with E-state index in [1.54, 1.807) is 13.0 Å². The zero-order chi connectivity index (χ0) is 19.2. The molecular weight excluding hydrogens is 482 g/mol. The van der Waals surface area contributed by atoms with Gasteiger partial charge in [0.05, 0.1) is 6.61 Å². The number of halogens is 4. The monoisotopic (exact) mass is 499 g/mol. The number of nitrogens with two attached hydrogens (primary N) is 1. The zero-order valence-corrected chi connectivity index (χ0v) is 16.4. The van der Waals surface area contributed by atoms with Crippen molar-refractivity contribution in [3.63, 3.8) is 0 Å². The van der Waals surface area contributed by atoms with Gasteiger partial charge in [-0.2, -0.15) is 0 Å². The van der Waals surface area contributed by atoms with Gasteiger partial charge in [-0.1, -0.05) is 0 Å². The van der Waals surface area contributed by atoms with Gasteiger partial charge in [0, 0.05) is 5.69 Å². The van der Waals surface area contributed by atoms with Crippen LogP contribution < -0.4 is 15.8 Å². The summed E-state index contributed by atoms with van der Waals surface area (Å²) in [4.78, 5) is 15.5. The molecule has 1 aromatic carbocycles. The average molecular weight is 499 g/mol. The van der Waals surface area contributed by atoms with Crippen LogP contribution in [0.15, 0.2) is 45.8 Å². The van der Waals surface area contributed by atoms with Crippen molar-refractivity contribution in [2.24, 2.45) is 10.7 Å². The number of hydrogen-bond acceptors (Lipinski definition) is 5. The molecule has 0 atom stereocenters. The second kappa shape index (κ2) is 10.0. The number of guanidine groups is 1. The van der Waals surface area contributed by atoms with Crippen molar-refractivity contribution in [3.05, 3.63) is 47.9 Å². The first-order valence-corrected chi connectivity index (χ1v) is 7.45. The molecule has 0 saturated carbocycles. The van der Waals surface area contributed by atoms with E-state index < -0.39 is 12.3 Å². The summed E-state index contributed by atoms with van der Waals surface area (Å²) in [7, 11) is 0. The Balaban J connectivity index is 0.00000364. The average Bonchev–Trinajstić information content (AvgIpc) is 3.03. The van der Waals surface area contributed by atoms with Gasteiger partial charge in [0.25, 0.3) is 0 Å². The number of ether oxygens (including phenoxy) is 2. The number of nitrogens with one attached hydrogen (secondary N) is 1. The molecule has 27 heavy (non-hydrogen) atoms. The summed E-state index contributed by atoms with van der Waals surface area (Å²) >= 11 is 0. The Morgan fingerprint density at radius 3 is 2.48 bits per heavy atom. The number of rotatable bonds is 6. The van der Waals surface area contributed by atoms with Crippen LogP contribution in [0.25, 0.3) is 0 Å². The maximum absolute atomic E-state index is 12.1. The highest BCUT2D eigenvalue weighted by molar-refractivity contribution is 14.0. The van der Waals surface area contributed by atoms with Crippen LogP contribution in [0.4, 0.5) is 18.9 Å². The van der Waals surface area contributed by atoms with Gasteiger partial charge in [0.15, 0.2) is 5.96 Å². The summed E-state index contributed by atoms with van der Waals surface area (Å²) in [5, 5.41) is 2.71. The summed E-state index contributed by atoms with van der Waals surface area (Å²) in [6.07, 6.45) is -4.75. The predicted octanol–water partition coefficient (Wildman–Crippen LogP) is 3.90. The summed E-state index contributed by atoms with van der Waals surface area (Å²) < 4.78 is 50.1. The van der Waals surface area contributed by atoms with E-state index >= 15 is 0 Å². The maximum Gasteiger partial charge on any atom is 0.573 e. The third kappa shape index (κ3) is 7.76. The van der Waals surface area contributed by atoms with Crippen LogP contribution in [0, 0.1) is 0 Å². The summed E-state index contributed by atoms with van der Waals surface area (Å²) in [6.45, 7) is 1.98. The number of alkyl halides is 3. The second-order valence-electron chi connectivity index (χ2n) is 4.89. The molecule has 1 heterocycles. The van der Waals surface area contributed by atoms with Crippen molar-refractivity contribution in [3.8, 4) is 5.75 Å². The van der Waals surface area contributed by atoms with E-state index in [1.807, 2.05) is 0 Å². The highest BCUT2D eigenvalue weighted by atomic mass is 127. The summed E-state index contributed by atoms with van der Waals surface area (Å²) in [5.74, 6) is -0.449. The lowest BCUT2D eigenvalue weighted by Crippen LogP contribution is -2.22. The summed E-state index contributed by atoms with van der Waals surface area (Å²) in [5.41, 5.74) is 6.13. The van der Waals surface area contributed by atoms with E-state index in [0.29, 0.717) is 11.4 Å². The SMILES string of the molecule is CCOC(=O)c1ccc(CN=C(N)Nc2ccc(OC(F)(F)F)cc2)o1.I. The van der Waals surface area contributed by atoms with Gasteiger partial charge in [-0.05, 0) is 43.3 Å². The van der Waals surface area contributed by atoms with Crippen LogP contribution in [0.5, 0.6) is 5.75 Å². The fourth-order valence-corrected chi connectivity index (χ4v) is 1.87. The minimum Gasteiger partial charge on any atom is -0.460 e. The number of furan rings is 1. The lowest BCUT2D eigenvalue weighted by molar-refractivity contribution is -0.274. The highest BCUT2D eigenvalue weighted by Crippen LogP contribution is 2.23. The van der Waals surface area contributed by atoms with Gasteiger partial charge in [0.1, 0.15) is 18.1 Å². The van der Waals surface area contributed by atoms with E-state index in [9.17, 15) is 18.0 Å². The number of hydrogen-bond donors (Lipinski definition) is 2. The Morgan fingerprint density at radius 1 is 1.22 bits per heavy atom. The molecule has 148 valence electrons. The fraction of sp³-hybridized carbons (Fsp3) is 0.250. The van der Waals surface area contributed by atoms with Crippen LogP contribution in [0.2, 0.25) is 0 Å². The van der Waals surface area contributed by atoms with Crippen molar-refractivity contribution in [2.45, 2.75) is 19.8 Å². The molecule has 1 aromatic heterocycles. The van der Waals surface area contributed by atoms with Gasteiger partial charge < -0.3 is 24.9 Å². The number of carbonyl (C=O) groups is 1. The van der Waals surface area contributed by atoms with Crippen LogP contribution in [-0.2, 0) is 11.3 Å². The Morgan fingerprint density at radius 2 is 1.89 bits per heavy atom. The molecule has 0 aliphatic carbocycles. The van der Waals surface area contributed by atoms with Crippen LogP contribution in [0.1, 0.15) is 23.2 Å². The van der Waals surface area contributed by atoms with Crippen molar-refractivity contribution in [1.82, 2.24) is 0 Å². The first-order chi connectivity index (χ1) is 12.3. The molecule has 2 rings (SSSR count). The first kappa shape index (κ1) is 22.6. The molecule has 0 fully saturated rings. The molecule has 0 aliphatic rings. The topological polar surface area (TPSA) is 99.1 Å². The molecule has 0 unspecified atom stereocenters. The molecule has 2 aromatic rings. The van der Waals surface area contributed by atoms with Gasteiger partial charge >= 0.3 is 12.3 Å². The van der Waals surface area contributed by atoms with Crippen molar-refractivity contribution >= 4 is 41.6 Å². The second-order valence-corrected chi connectivity index (χ2v) is 4.89. The Labute approximate surface area is 169 Å². The van der Waals surface area contributed by atoms with Crippen molar-refractivity contribution < 1.29 is 31.9 Å². The van der Waals surface area contributed by atoms with Crippen LogP contribution in [-0.4, -0.2) is 24.9 Å². The molecule has 11 heteroatoms. The number of carbonyl (C=O) groups excluding carboxylic acids is 1. The number of anilines is 1. The number of aliphatic imine (C=N–C) groups is 1. The zero-order valence-electron chi connectivity index (χ0n) is 14.1. The van der Waals surface area contributed by atoms with Crippen LogP contribution in [0.3, 0.4) is 0 Å². The molecule has 0 spiro atoms. The molecule has 3 N–H and O–H groups in total. The molecule has 0 aliphatic heterocycles. The van der Waals surface area contributed by atoms with Gasteiger partial charge in [-0.15, -0.1) is 37.1 Å². The van der Waals surface area contributed by atoms with E-state index in [1.165, 1.54) is 18.2 Å². The smallest absolute Gasteiger partial charge is 0.460 e. The normalized spacial score (nSPS) is 11.5. The van der Waals surface area contributed by atoms with E-state index in [4.69, 9.17) is 14.9 Å². The third-order valence-corrected chi connectivity index (χ3v) is 2.90. The number of benzene rings is 1. The molecule has 0 bridgehead atoms. The lowest BCUT2D eigenvalue weighted by atomic mass is 10.3. The molecular formula is C16H17F3IN3O4. The highest BCUT2D eigenvalue weighted by Gasteiger charge is 2.30. The number of esters is 1. The largest absolute Gasteiger partial charge is 0.573 e. The van der Waals surface area contributed by atoms with Gasteiger partial charge in [-0.3, -0.25) is 0 Å². The minimum atomic E-state index is -4.75. The number of nitrogens with zero attached hydrogens (tertiary/aromatic N) is 1. The standard InChI is InChI=1S/C16H16F3N3O4.HI/c1-2-24-14(23)13-8-7-12(25-13)9-21-15(20)22-10-3-5-11(6-4-10)26-16(17,18)19;/h3-8H,2,9H2,1H3,(H3,20,21,22);1H. The fourth-order valence-electron chi connectivity index (χ4n) is 1.87. The van der Waals surface area contributed by atoms with Gasteiger partial charge in [0.2, 0.25) is 5.76 Å². The summed E-state index contributed by atoms with van der Waals surface area (Å²) in [6, 6.07) is 8.02. The Bertz CT molecular complexity index is 776. The van der Waals surface area contributed by atoms with Crippen molar-refractivity contribution in [2.75, 3.05) is 11.9 Å². The minimum absolute atomic E-state index is 0. The third-order valence-electron chi connectivity index (χ3n) is 2.90. The quantitative estimate of drug-likeness (QED) is 0.271. The van der Waals surface area contributed by atoms with E-state index in [2.05, 4.69) is 15.0 Å². The molecule has 0 radical (unpaired) electrons. The van der Waals surface area contributed by atoms with Gasteiger partial charge in [-0.25, -0.2) is 9.79 Å². The van der Waals surface area contributed by atoms with E-state index in [0.717, 1.165) is 12.1 Å².